The van der Waals surface area contributed by atoms with E-state index < -0.39 is 29.4 Å². The smallest absolute Gasteiger partial charge is 0.355 e. The van der Waals surface area contributed by atoms with Gasteiger partial charge in [0.1, 0.15) is 17.8 Å². The van der Waals surface area contributed by atoms with Crippen LogP contribution in [-0.4, -0.2) is 29.7 Å². The van der Waals surface area contributed by atoms with Gasteiger partial charge in [0.15, 0.2) is 6.10 Å². The van der Waals surface area contributed by atoms with Crippen LogP contribution in [0.5, 0.6) is 0 Å². The Morgan fingerprint density at radius 3 is 2.50 bits per heavy atom. The summed E-state index contributed by atoms with van der Waals surface area (Å²) in [5, 5.41) is 14.8. The summed E-state index contributed by atoms with van der Waals surface area (Å²) in [6, 6.07) is 10.2. The van der Waals surface area contributed by atoms with E-state index in [1.54, 1.807) is 45.0 Å². The molecule has 1 aliphatic rings. The maximum Gasteiger partial charge on any atom is 0.355 e. The van der Waals surface area contributed by atoms with Crippen molar-refractivity contribution < 1.29 is 14.3 Å². The quantitative estimate of drug-likeness (QED) is 0.844. The summed E-state index contributed by atoms with van der Waals surface area (Å²) in [5.41, 5.74) is 5.63. The molecule has 1 heterocycles. The summed E-state index contributed by atoms with van der Waals surface area (Å²) < 4.78 is 5.25. The molecule has 1 aromatic rings. The molecule has 0 saturated carbocycles. The number of amides is 1. The van der Waals surface area contributed by atoms with Crippen molar-refractivity contribution in [1.82, 2.24) is 0 Å². The fourth-order valence-corrected chi connectivity index (χ4v) is 2.25. The zero-order valence-electron chi connectivity index (χ0n) is 13.9. The molecule has 0 aromatic heterocycles. The summed E-state index contributed by atoms with van der Waals surface area (Å²) >= 11 is 0. The minimum absolute atomic E-state index is 0.0470. The van der Waals surface area contributed by atoms with Crippen molar-refractivity contribution in [2.75, 3.05) is 5.01 Å². The lowest BCUT2D eigenvalue weighted by molar-refractivity contribution is -0.142. The summed E-state index contributed by atoms with van der Waals surface area (Å²) in [5.74, 6) is -1.29. The molecule has 0 unspecified atom stereocenters. The molecule has 2 N–H and O–H groups in total. The minimum Gasteiger partial charge on any atom is -0.442 e. The fraction of sp³-hybridized carbons (Fsp3) is 0.412. The summed E-state index contributed by atoms with van der Waals surface area (Å²) in [6.07, 6.45) is -0.865. The number of anilines is 1. The van der Waals surface area contributed by atoms with Gasteiger partial charge in [0.05, 0.1) is 5.69 Å². The number of hydrazone groups is 1. The molecule has 0 bridgehead atoms. The predicted molar refractivity (Wildman–Crippen MR) is 88.9 cm³/mol. The molecule has 24 heavy (non-hydrogen) atoms. The number of hydrogen-bond acceptors (Lipinski definition) is 6. The molecule has 7 nitrogen and oxygen atoms in total. The lowest BCUT2D eigenvalue weighted by Crippen LogP contribution is -2.39. The van der Waals surface area contributed by atoms with Crippen LogP contribution < -0.4 is 10.7 Å². The number of nitrogens with zero attached hydrogens (tertiary/aromatic N) is 3. The number of esters is 1. The van der Waals surface area contributed by atoms with Crippen LogP contribution in [0.25, 0.3) is 0 Å². The van der Waals surface area contributed by atoms with Gasteiger partial charge in [-0.1, -0.05) is 39.0 Å². The largest absolute Gasteiger partial charge is 0.442 e. The first-order valence-corrected chi connectivity index (χ1v) is 7.55. The maximum atomic E-state index is 12.3. The molecule has 126 valence electrons. The van der Waals surface area contributed by atoms with Crippen molar-refractivity contribution in [3.8, 4) is 6.07 Å². The third-order valence-electron chi connectivity index (χ3n) is 3.62. The van der Waals surface area contributed by atoms with Crippen LogP contribution in [0.2, 0.25) is 0 Å². The third-order valence-corrected chi connectivity index (χ3v) is 3.62. The average molecular weight is 328 g/mol. The summed E-state index contributed by atoms with van der Waals surface area (Å²) in [6.45, 7) is 5.40. The van der Waals surface area contributed by atoms with Gasteiger partial charge in [0.25, 0.3) is 0 Å². The van der Waals surface area contributed by atoms with Crippen LogP contribution in [0.4, 0.5) is 5.69 Å². The fourth-order valence-electron chi connectivity index (χ4n) is 2.25. The number of benzene rings is 1. The third kappa shape index (κ3) is 3.71. The minimum atomic E-state index is -0.912. The molecule has 1 aliphatic heterocycles. The highest BCUT2D eigenvalue weighted by molar-refractivity contribution is 6.38. The zero-order valence-corrected chi connectivity index (χ0v) is 13.9. The molecule has 1 aromatic carbocycles. The van der Waals surface area contributed by atoms with E-state index in [1.807, 2.05) is 12.1 Å². The molecule has 0 fully saturated rings. The topological polar surface area (TPSA) is 109 Å². The second kappa shape index (κ2) is 6.71. The molecule has 2 rings (SSSR count). The lowest BCUT2D eigenvalue weighted by atomic mass is 9.90. The molecule has 0 saturated heterocycles. The van der Waals surface area contributed by atoms with Crippen molar-refractivity contribution in [3.63, 3.8) is 0 Å². The van der Waals surface area contributed by atoms with Gasteiger partial charge in [-0.2, -0.15) is 10.4 Å². The lowest BCUT2D eigenvalue weighted by Gasteiger charge is -2.24. The highest BCUT2D eigenvalue weighted by Crippen LogP contribution is 2.26. The number of rotatable bonds is 4. The van der Waals surface area contributed by atoms with E-state index in [1.165, 1.54) is 5.01 Å². The van der Waals surface area contributed by atoms with Crippen LogP contribution in [-0.2, 0) is 14.3 Å². The Bertz CT molecular complexity index is 701. The Morgan fingerprint density at radius 2 is 2.00 bits per heavy atom. The Balaban J connectivity index is 2.23. The second-order valence-electron chi connectivity index (χ2n) is 6.63. The number of ether oxygens (including phenoxy) is 1. The van der Waals surface area contributed by atoms with Crippen LogP contribution in [0.1, 0.15) is 27.2 Å². The van der Waals surface area contributed by atoms with E-state index in [-0.39, 0.29) is 12.1 Å². The van der Waals surface area contributed by atoms with Crippen LogP contribution in [0, 0.1) is 16.7 Å². The van der Waals surface area contributed by atoms with Gasteiger partial charge >= 0.3 is 5.97 Å². The van der Waals surface area contributed by atoms with Crippen molar-refractivity contribution in [1.29, 1.82) is 5.26 Å². The first kappa shape index (κ1) is 17.5. The molecule has 0 spiro atoms. The first-order chi connectivity index (χ1) is 11.2. The molecular formula is C17H20N4O3. The van der Waals surface area contributed by atoms with Gasteiger partial charge in [-0.05, 0) is 12.1 Å². The van der Waals surface area contributed by atoms with E-state index in [2.05, 4.69) is 5.10 Å². The van der Waals surface area contributed by atoms with Gasteiger partial charge in [-0.25, -0.2) is 4.79 Å². The van der Waals surface area contributed by atoms with E-state index in [0.717, 1.165) is 0 Å². The van der Waals surface area contributed by atoms with Crippen LogP contribution >= 0.6 is 0 Å². The van der Waals surface area contributed by atoms with E-state index in [0.29, 0.717) is 5.69 Å². The van der Waals surface area contributed by atoms with Gasteiger partial charge in [0.2, 0.25) is 5.91 Å². The summed E-state index contributed by atoms with van der Waals surface area (Å²) in [4.78, 5) is 24.0. The number of nitrogens with two attached hydrogens (primary N) is 1. The number of hydrogen-bond donors (Lipinski definition) is 1. The number of primary amides is 1. The van der Waals surface area contributed by atoms with Crippen molar-refractivity contribution in [2.45, 2.75) is 39.3 Å². The van der Waals surface area contributed by atoms with E-state index in [9.17, 15) is 14.9 Å². The number of nitriles is 1. The average Bonchev–Trinajstić information content (AvgIpc) is 2.97. The molecular weight excluding hydrogens is 308 g/mol. The number of carbonyl (C=O) groups excluding carboxylic acids is 2. The first-order valence-electron chi connectivity index (χ1n) is 7.55. The molecule has 1 amide bonds. The Labute approximate surface area is 140 Å². The number of carbonyl (C=O) groups is 2. The molecule has 7 heteroatoms. The van der Waals surface area contributed by atoms with E-state index in [4.69, 9.17) is 10.5 Å². The number of para-hydroxylation sites is 1. The Kier molecular flexibility index (Phi) is 4.88. The van der Waals surface area contributed by atoms with Crippen molar-refractivity contribution in [2.24, 2.45) is 16.3 Å². The Hall–Kier alpha value is -2.88. The molecule has 0 aliphatic carbocycles. The standard InChI is InChI=1S/C17H20N4O3/c1-17(2,3)14(10-18)24-16(23)12-9-13(15(19)22)21(20-12)11-7-5-4-6-8-11/h4-8,13-14H,9H2,1-3H3,(H2,19,22)/t13-,14+/m1/s1. The normalized spacial score (nSPS) is 18.5. The van der Waals surface area contributed by atoms with E-state index >= 15 is 0 Å². The zero-order chi connectivity index (χ0) is 17.9. The van der Waals surface area contributed by atoms with Crippen LogP contribution in [0.3, 0.4) is 0 Å². The van der Waals surface area contributed by atoms with Crippen LogP contribution in [0.15, 0.2) is 35.4 Å². The second-order valence-corrected chi connectivity index (χ2v) is 6.63. The van der Waals surface area contributed by atoms with Gasteiger partial charge < -0.3 is 10.5 Å². The highest BCUT2D eigenvalue weighted by atomic mass is 16.5. The van der Waals surface area contributed by atoms with Gasteiger partial charge in [-0.15, -0.1) is 0 Å². The molecule has 2 atom stereocenters. The van der Waals surface area contributed by atoms with Gasteiger partial charge in [-0.3, -0.25) is 9.80 Å². The maximum absolute atomic E-state index is 12.3. The predicted octanol–water partition coefficient (Wildman–Crippen LogP) is 1.59. The SMILES string of the molecule is CC(C)(C)[C@H](C#N)OC(=O)C1=NN(c2ccccc2)[C@@H](C(N)=O)C1. The van der Waals surface area contributed by atoms with Crippen molar-refractivity contribution >= 4 is 23.3 Å². The monoisotopic (exact) mass is 328 g/mol. The highest BCUT2D eigenvalue weighted by Gasteiger charge is 2.37. The van der Waals surface area contributed by atoms with Crippen molar-refractivity contribution in [3.05, 3.63) is 30.3 Å². The summed E-state index contributed by atoms with van der Waals surface area (Å²) in [7, 11) is 0. The molecule has 0 radical (unpaired) electrons. The van der Waals surface area contributed by atoms with Gasteiger partial charge in [0, 0.05) is 11.8 Å². The Morgan fingerprint density at radius 1 is 1.38 bits per heavy atom.